The van der Waals surface area contributed by atoms with Gasteiger partial charge in [0, 0.05) is 5.56 Å². The standard InChI is InChI=1S/C12H16ClNO/c13-10-6-4-5-9(11(10)14)12(15)7-2-1-3-8-12/h4-6,15H,1-3,7-8,14H2. The summed E-state index contributed by atoms with van der Waals surface area (Å²) in [6, 6.07) is 5.49. The van der Waals surface area contributed by atoms with Crippen molar-refractivity contribution in [3.05, 3.63) is 28.8 Å². The molecule has 2 nitrogen and oxygen atoms in total. The summed E-state index contributed by atoms with van der Waals surface area (Å²) in [4.78, 5) is 0. The summed E-state index contributed by atoms with van der Waals surface area (Å²) in [5.41, 5.74) is 6.48. The zero-order valence-corrected chi connectivity index (χ0v) is 9.43. The number of hydrogen-bond donors (Lipinski definition) is 2. The molecule has 0 radical (unpaired) electrons. The lowest BCUT2D eigenvalue weighted by atomic mass is 9.79. The van der Waals surface area contributed by atoms with Gasteiger partial charge in [0.2, 0.25) is 0 Å². The normalized spacial score (nSPS) is 20.1. The molecule has 1 saturated carbocycles. The predicted octanol–water partition coefficient (Wildman–Crippen LogP) is 3.07. The highest BCUT2D eigenvalue weighted by Gasteiger charge is 2.33. The van der Waals surface area contributed by atoms with E-state index in [0.29, 0.717) is 10.7 Å². The highest BCUT2D eigenvalue weighted by Crippen LogP contribution is 2.41. The Labute approximate surface area is 95.1 Å². The Morgan fingerprint density at radius 3 is 2.53 bits per heavy atom. The molecule has 1 aromatic carbocycles. The van der Waals surface area contributed by atoms with E-state index in [1.165, 1.54) is 6.42 Å². The average Bonchev–Trinajstić information content (AvgIpc) is 2.23. The molecule has 1 fully saturated rings. The molecular formula is C12H16ClNO. The highest BCUT2D eigenvalue weighted by atomic mass is 35.5. The molecule has 0 saturated heterocycles. The van der Waals surface area contributed by atoms with Crippen LogP contribution in [-0.4, -0.2) is 5.11 Å². The Bertz CT molecular complexity index is 359. The molecule has 82 valence electrons. The first-order valence-corrected chi connectivity index (χ1v) is 5.78. The Morgan fingerprint density at radius 1 is 1.20 bits per heavy atom. The number of nitrogens with two attached hydrogens (primary N) is 1. The number of anilines is 1. The van der Waals surface area contributed by atoms with Gasteiger partial charge in [-0.2, -0.15) is 0 Å². The molecule has 1 aliphatic carbocycles. The second-order valence-corrected chi connectivity index (χ2v) is 4.70. The topological polar surface area (TPSA) is 46.2 Å². The third-order valence-corrected chi connectivity index (χ3v) is 3.56. The molecule has 3 N–H and O–H groups in total. The second kappa shape index (κ2) is 4.03. The molecule has 0 bridgehead atoms. The minimum absolute atomic E-state index is 0.531. The lowest BCUT2D eigenvalue weighted by molar-refractivity contribution is 0.0000874. The van der Waals surface area contributed by atoms with Crippen LogP contribution in [0.3, 0.4) is 0 Å². The summed E-state index contributed by atoms with van der Waals surface area (Å²) >= 11 is 5.96. The maximum atomic E-state index is 10.5. The first-order valence-electron chi connectivity index (χ1n) is 5.40. The molecule has 0 amide bonds. The van der Waals surface area contributed by atoms with Crippen LogP contribution in [0.25, 0.3) is 0 Å². The number of halogens is 1. The summed E-state index contributed by atoms with van der Waals surface area (Å²) in [6.45, 7) is 0. The lowest BCUT2D eigenvalue weighted by Gasteiger charge is -2.33. The van der Waals surface area contributed by atoms with E-state index in [-0.39, 0.29) is 0 Å². The molecule has 1 aliphatic rings. The fourth-order valence-corrected chi connectivity index (χ4v) is 2.52. The molecule has 0 atom stereocenters. The van der Waals surface area contributed by atoms with Crippen molar-refractivity contribution >= 4 is 17.3 Å². The van der Waals surface area contributed by atoms with Crippen molar-refractivity contribution in [1.29, 1.82) is 0 Å². The average molecular weight is 226 g/mol. The van der Waals surface area contributed by atoms with E-state index >= 15 is 0 Å². The highest BCUT2D eigenvalue weighted by molar-refractivity contribution is 6.33. The number of rotatable bonds is 1. The van der Waals surface area contributed by atoms with Crippen molar-refractivity contribution in [3.63, 3.8) is 0 Å². The zero-order valence-electron chi connectivity index (χ0n) is 8.67. The maximum absolute atomic E-state index is 10.5. The van der Waals surface area contributed by atoms with Gasteiger partial charge in [-0.05, 0) is 18.9 Å². The van der Waals surface area contributed by atoms with Crippen LogP contribution in [0.2, 0.25) is 5.02 Å². The van der Waals surface area contributed by atoms with E-state index in [4.69, 9.17) is 17.3 Å². The van der Waals surface area contributed by atoms with Crippen LogP contribution in [-0.2, 0) is 5.60 Å². The molecule has 0 unspecified atom stereocenters. The van der Waals surface area contributed by atoms with Crippen molar-refractivity contribution in [2.24, 2.45) is 0 Å². The summed E-state index contributed by atoms with van der Waals surface area (Å²) in [5.74, 6) is 0. The smallest absolute Gasteiger partial charge is 0.0916 e. The van der Waals surface area contributed by atoms with Gasteiger partial charge in [0.25, 0.3) is 0 Å². The van der Waals surface area contributed by atoms with E-state index in [1.54, 1.807) is 6.07 Å². The molecule has 2 rings (SSSR count). The summed E-state index contributed by atoms with van der Waals surface area (Å²) in [7, 11) is 0. The van der Waals surface area contributed by atoms with Crippen molar-refractivity contribution in [2.45, 2.75) is 37.7 Å². The number of nitrogen functional groups attached to an aromatic ring is 1. The Hall–Kier alpha value is -0.730. The first-order chi connectivity index (χ1) is 7.13. The third-order valence-electron chi connectivity index (χ3n) is 3.23. The van der Waals surface area contributed by atoms with Crippen LogP contribution in [0.5, 0.6) is 0 Å². The summed E-state index contributed by atoms with van der Waals surface area (Å²) in [6.07, 6.45) is 4.89. The van der Waals surface area contributed by atoms with E-state index in [1.807, 2.05) is 12.1 Å². The van der Waals surface area contributed by atoms with Crippen molar-refractivity contribution in [3.8, 4) is 0 Å². The number of hydrogen-bond acceptors (Lipinski definition) is 2. The Balaban J connectivity index is 2.39. The van der Waals surface area contributed by atoms with Gasteiger partial charge in [0.05, 0.1) is 16.3 Å². The second-order valence-electron chi connectivity index (χ2n) is 4.29. The summed E-state index contributed by atoms with van der Waals surface area (Å²) < 4.78 is 0. The molecule has 0 aliphatic heterocycles. The minimum atomic E-state index is -0.757. The fourth-order valence-electron chi connectivity index (χ4n) is 2.35. The minimum Gasteiger partial charge on any atom is -0.397 e. The molecule has 0 heterocycles. The summed E-state index contributed by atoms with van der Waals surface area (Å²) in [5, 5.41) is 11.0. The van der Waals surface area contributed by atoms with Crippen molar-refractivity contribution < 1.29 is 5.11 Å². The fraction of sp³-hybridized carbons (Fsp3) is 0.500. The molecule has 3 heteroatoms. The quantitative estimate of drug-likeness (QED) is 0.722. The van der Waals surface area contributed by atoms with Gasteiger partial charge in [0.1, 0.15) is 0 Å². The van der Waals surface area contributed by atoms with Gasteiger partial charge >= 0.3 is 0 Å². The Kier molecular flexibility index (Phi) is 2.89. The lowest BCUT2D eigenvalue weighted by Crippen LogP contribution is -2.29. The zero-order chi connectivity index (χ0) is 10.9. The molecular weight excluding hydrogens is 210 g/mol. The van der Waals surface area contributed by atoms with E-state index < -0.39 is 5.60 Å². The molecule has 0 aromatic heterocycles. The largest absolute Gasteiger partial charge is 0.397 e. The predicted molar refractivity (Wildman–Crippen MR) is 62.8 cm³/mol. The molecule has 1 aromatic rings. The maximum Gasteiger partial charge on any atom is 0.0916 e. The first kappa shape index (κ1) is 10.8. The van der Waals surface area contributed by atoms with Crippen molar-refractivity contribution in [1.82, 2.24) is 0 Å². The Morgan fingerprint density at radius 2 is 1.87 bits per heavy atom. The van der Waals surface area contributed by atoms with E-state index in [9.17, 15) is 5.11 Å². The molecule has 0 spiro atoms. The monoisotopic (exact) mass is 225 g/mol. The van der Waals surface area contributed by atoms with E-state index in [0.717, 1.165) is 31.2 Å². The van der Waals surface area contributed by atoms with Gasteiger partial charge in [-0.25, -0.2) is 0 Å². The van der Waals surface area contributed by atoms with Gasteiger partial charge in [-0.3, -0.25) is 0 Å². The number of benzene rings is 1. The van der Waals surface area contributed by atoms with Crippen LogP contribution in [0, 0.1) is 0 Å². The van der Waals surface area contributed by atoms with Gasteiger partial charge < -0.3 is 10.8 Å². The van der Waals surface area contributed by atoms with Gasteiger partial charge in [-0.1, -0.05) is 43.0 Å². The van der Waals surface area contributed by atoms with Crippen LogP contribution >= 0.6 is 11.6 Å². The van der Waals surface area contributed by atoms with Gasteiger partial charge in [-0.15, -0.1) is 0 Å². The van der Waals surface area contributed by atoms with Crippen LogP contribution < -0.4 is 5.73 Å². The number of aliphatic hydroxyl groups is 1. The van der Waals surface area contributed by atoms with E-state index in [2.05, 4.69) is 0 Å². The molecule has 15 heavy (non-hydrogen) atoms. The third kappa shape index (κ3) is 1.97. The van der Waals surface area contributed by atoms with Crippen LogP contribution in [0.1, 0.15) is 37.7 Å². The van der Waals surface area contributed by atoms with Crippen LogP contribution in [0.15, 0.2) is 18.2 Å². The van der Waals surface area contributed by atoms with Crippen molar-refractivity contribution in [2.75, 3.05) is 5.73 Å². The van der Waals surface area contributed by atoms with Crippen LogP contribution in [0.4, 0.5) is 5.69 Å². The SMILES string of the molecule is Nc1c(Cl)cccc1C1(O)CCCCC1. The van der Waals surface area contributed by atoms with Gasteiger partial charge in [0.15, 0.2) is 0 Å². The number of para-hydroxylation sites is 1.